The fourth-order valence-electron chi connectivity index (χ4n) is 6.97. The summed E-state index contributed by atoms with van der Waals surface area (Å²) in [4.78, 5) is 0. The second-order valence-corrected chi connectivity index (χ2v) is 9.48. The van der Waals surface area contributed by atoms with Crippen LogP contribution in [0.25, 0.3) is 0 Å². The molecule has 4 aliphatic carbocycles. The highest BCUT2D eigenvalue weighted by molar-refractivity contribution is 6.04. The van der Waals surface area contributed by atoms with Gasteiger partial charge in [-0.25, -0.2) is 4.39 Å². The summed E-state index contributed by atoms with van der Waals surface area (Å²) in [5, 5.41) is 29.8. The van der Waals surface area contributed by atoms with Gasteiger partial charge in [0.05, 0.1) is 17.9 Å². The summed E-state index contributed by atoms with van der Waals surface area (Å²) in [7, 11) is 0. The second kappa shape index (κ2) is 5.04. The number of alkyl halides is 1. The van der Waals surface area contributed by atoms with Crippen LogP contribution in [0.4, 0.5) is 4.39 Å². The molecule has 0 bridgehead atoms. The van der Waals surface area contributed by atoms with Crippen LogP contribution in [-0.4, -0.2) is 33.8 Å². The molecule has 3 fully saturated rings. The Balaban J connectivity index is 1.86. The number of aliphatic hydroxyl groups is 2. The maximum atomic E-state index is 16.9. The molecular weight excluding hydrogens is 317 g/mol. The Morgan fingerprint density at radius 1 is 1.20 bits per heavy atom. The van der Waals surface area contributed by atoms with E-state index in [1.54, 1.807) is 12.2 Å². The number of halogens is 1. The highest BCUT2D eigenvalue weighted by atomic mass is 19.1. The van der Waals surface area contributed by atoms with Crippen LogP contribution in [0.15, 0.2) is 23.3 Å². The van der Waals surface area contributed by atoms with E-state index in [4.69, 9.17) is 5.41 Å². The van der Waals surface area contributed by atoms with E-state index in [2.05, 4.69) is 0 Å². The van der Waals surface area contributed by atoms with Crippen molar-refractivity contribution in [3.05, 3.63) is 23.3 Å². The molecular formula is C21H30FNO2. The molecule has 0 heterocycles. The van der Waals surface area contributed by atoms with Gasteiger partial charge in [0.1, 0.15) is 0 Å². The average molecular weight is 347 g/mol. The molecule has 3 nitrogen and oxygen atoms in total. The van der Waals surface area contributed by atoms with Gasteiger partial charge in [0, 0.05) is 11.3 Å². The first-order valence-electron chi connectivity index (χ1n) is 9.60. The van der Waals surface area contributed by atoms with Crippen LogP contribution in [0, 0.1) is 34.0 Å². The lowest BCUT2D eigenvalue weighted by Crippen LogP contribution is -2.67. The van der Waals surface area contributed by atoms with Crippen LogP contribution < -0.4 is 0 Å². The van der Waals surface area contributed by atoms with Crippen molar-refractivity contribution in [1.29, 1.82) is 5.41 Å². The maximum Gasteiger partial charge on any atom is 0.152 e. The Labute approximate surface area is 149 Å². The third kappa shape index (κ3) is 1.85. The van der Waals surface area contributed by atoms with Crippen LogP contribution in [-0.2, 0) is 0 Å². The zero-order valence-electron chi connectivity index (χ0n) is 15.6. The summed E-state index contributed by atoms with van der Waals surface area (Å²) in [6.45, 7) is 7.91. The molecule has 0 saturated heterocycles. The SMILES string of the molecule is CC1=CC(=N)C=C2CC[C@H]3C4C[C@@H](C)[C@@H](O)[C@@]4(C)C[C@H](O)[C@]3(F)[C@@]12C. The predicted octanol–water partition coefficient (Wildman–Crippen LogP) is 3.80. The van der Waals surface area contributed by atoms with Crippen molar-refractivity contribution >= 4 is 5.71 Å². The van der Waals surface area contributed by atoms with Gasteiger partial charge in [0.2, 0.25) is 0 Å². The maximum absolute atomic E-state index is 16.9. The molecule has 4 heteroatoms. The largest absolute Gasteiger partial charge is 0.392 e. The van der Waals surface area contributed by atoms with Crippen molar-refractivity contribution in [2.45, 2.75) is 71.3 Å². The summed E-state index contributed by atoms with van der Waals surface area (Å²) in [6, 6.07) is 0. The van der Waals surface area contributed by atoms with Crippen molar-refractivity contribution in [2.75, 3.05) is 0 Å². The summed E-state index contributed by atoms with van der Waals surface area (Å²) in [5.41, 5.74) is -0.769. The Kier molecular flexibility index (Phi) is 3.51. The molecule has 0 spiro atoms. The first-order chi connectivity index (χ1) is 11.6. The van der Waals surface area contributed by atoms with E-state index < -0.39 is 28.7 Å². The van der Waals surface area contributed by atoms with Crippen molar-refractivity contribution in [2.24, 2.45) is 28.6 Å². The second-order valence-electron chi connectivity index (χ2n) is 9.48. The van der Waals surface area contributed by atoms with Crippen molar-refractivity contribution < 1.29 is 14.6 Å². The molecule has 1 unspecified atom stereocenters. The van der Waals surface area contributed by atoms with E-state index in [9.17, 15) is 10.2 Å². The zero-order chi connectivity index (χ0) is 18.4. The van der Waals surface area contributed by atoms with Gasteiger partial charge < -0.3 is 15.6 Å². The van der Waals surface area contributed by atoms with Gasteiger partial charge in [0.15, 0.2) is 5.67 Å². The minimum atomic E-state index is -1.73. The van der Waals surface area contributed by atoms with Gasteiger partial charge in [-0.2, -0.15) is 0 Å². The Bertz CT molecular complexity index is 700. The number of nitrogens with one attached hydrogen (secondary N) is 1. The van der Waals surface area contributed by atoms with E-state index in [-0.39, 0.29) is 17.8 Å². The van der Waals surface area contributed by atoms with Gasteiger partial charge in [0.25, 0.3) is 0 Å². The summed E-state index contributed by atoms with van der Waals surface area (Å²) in [6.07, 6.45) is 4.58. The number of rotatable bonds is 0. The molecule has 0 aromatic carbocycles. The minimum Gasteiger partial charge on any atom is -0.392 e. The van der Waals surface area contributed by atoms with Crippen LogP contribution >= 0.6 is 0 Å². The van der Waals surface area contributed by atoms with Gasteiger partial charge in [-0.1, -0.05) is 25.0 Å². The Hall–Kier alpha value is -1.00. The van der Waals surface area contributed by atoms with E-state index in [1.165, 1.54) is 0 Å². The smallest absolute Gasteiger partial charge is 0.152 e. The molecule has 0 aliphatic heterocycles. The third-order valence-electron chi connectivity index (χ3n) is 8.45. The fraction of sp³-hybridized carbons (Fsp3) is 0.762. The van der Waals surface area contributed by atoms with Crippen LogP contribution in [0.2, 0.25) is 0 Å². The number of aliphatic hydroxyl groups excluding tert-OH is 2. The first-order valence-corrected chi connectivity index (χ1v) is 9.60. The third-order valence-corrected chi connectivity index (χ3v) is 8.45. The van der Waals surface area contributed by atoms with Gasteiger partial charge in [-0.05, 0) is 68.9 Å². The van der Waals surface area contributed by atoms with Crippen LogP contribution in [0.1, 0.15) is 53.4 Å². The molecule has 25 heavy (non-hydrogen) atoms. The molecule has 4 rings (SSSR count). The van der Waals surface area contributed by atoms with Crippen molar-refractivity contribution in [3.8, 4) is 0 Å². The molecule has 8 atom stereocenters. The number of hydrogen-bond acceptors (Lipinski definition) is 3. The molecule has 0 amide bonds. The zero-order valence-corrected chi connectivity index (χ0v) is 15.6. The van der Waals surface area contributed by atoms with E-state index in [1.807, 2.05) is 27.7 Å². The topological polar surface area (TPSA) is 64.3 Å². The minimum absolute atomic E-state index is 0.0958. The molecule has 0 aromatic heterocycles. The fourth-order valence-corrected chi connectivity index (χ4v) is 6.97. The Morgan fingerprint density at radius 2 is 1.88 bits per heavy atom. The summed E-state index contributed by atoms with van der Waals surface area (Å²) < 4.78 is 16.9. The number of allylic oxidation sites excluding steroid dienone is 4. The van der Waals surface area contributed by atoms with Crippen LogP contribution in [0.3, 0.4) is 0 Å². The molecule has 4 aliphatic rings. The quantitative estimate of drug-likeness (QED) is 0.624. The normalized spacial score (nSPS) is 55.0. The Morgan fingerprint density at radius 3 is 2.56 bits per heavy atom. The van der Waals surface area contributed by atoms with E-state index in [0.717, 1.165) is 24.0 Å². The number of fused-ring (bicyclic) bond motifs is 5. The molecule has 138 valence electrons. The lowest BCUT2D eigenvalue weighted by atomic mass is 9.44. The lowest BCUT2D eigenvalue weighted by Gasteiger charge is -2.62. The first kappa shape index (κ1) is 17.4. The molecule has 0 aromatic rings. The van der Waals surface area contributed by atoms with Gasteiger partial charge in [-0.15, -0.1) is 0 Å². The summed E-state index contributed by atoms with van der Waals surface area (Å²) in [5.74, 6) is -0.0115. The van der Waals surface area contributed by atoms with Crippen molar-refractivity contribution in [1.82, 2.24) is 0 Å². The highest BCUT2D eigenvalue weighted by Crippen LogP contribution is 2.69. The lowest BCUT2D eigenvalue weighted by molar-refractivity contribution is -0.203. The molecule has 3 N–H and O–H groups in total. The highest BCUT2D eigenvalue weighted by Gasteiger charge is 2.71. The van der Waals surface area contributed by atoms with Crippen molar-refractivity contribution in [3.63, 3.8) is 0 Å². The molecule has 3 saturated carbocycles. The monoisotopic (exact) mass is 347 g/mol. The standard InChI is InChI=1S/C21H30FNO2/c1-11-7-16-15-6-5-13-9-14(23)8-12(2)20(13,4)21(15,22)17(24)10-19(16,3)18(11)25/h8-9,11,15-18,23-25H,5-7,10H2,1-4H3/t11-,15+,16?,17+,18-,19+,20+,21+/m1/s1. The summed E-state index contributed by atoms with van der Waals surface area (Å²) >= 11 is 0. The van der Waals surface area contributed by atoms with Gasteiger partial charge in [-0.3, -0.25) is 0 Å². The number of hydrogen-bond donors (Lipinski definition) is 3. The van der Waals surface area contributed by atoms with E-state index in [0.29, 0.717) is 18.6 Å². The molecule has 0 radical (unpaired) electrons. The predicted molar refractivity (Wildman–Crippen MR) is 96.2 cm³/mol. The van der Waals surface area contributed by atoms with E-state index >= 15 is 4.39 Å². The van der Waals surface area contributed by atoms with Crippen LogP contribution in [0.5, 0.6) is 0 Å². The average Bonchev–Trinajstić information content (AvgIpc) is 2.75. The van der Waals surface area contributed by atoms with Gasteiger partial charge >= 0.3 is 0 Å².